The molecule has 0 heterocycles. The normalized spacial score (nSPS) is 14.1. The maximum atomic E-state index is 13.1. The van der Waals surface area contributed by atoms with Crippen LogP contribution < -0.4 is 5.73 Å². The molecule has 0 aliphatic heterocycles. The van der Waals surface area contributed by atoms with E-state index in [0.29, 0.717) is 5.56 Å². The van der Waals surface area contributed by atoms with Crippen LogP contribution in [-0.2, 0) is 5.54 Å². The second kappa shape index (κ2) is 3.99. The Morgan fingerprint density at radius 3 is 2.36 bits per heavy atom. The molecule has 1 unspecified atom stereocenters. The van der Waals surface area contributed by atoms with Gasteiger partial charge in [-0.3, -0.25) is 0 Å². The van der Waals surface area contributed by atoms with Crippen LogP contribution in [0.25, 0.3) is 0 Å². The van der Waals surface area contributed by atoms with Gasteiger partial charge in [0.1, 0.15) is 6.17 Å². The van der Waals surface area contributed by atoms with Crippen molar-refractivity contribution in [2.24, 2.45) is 5.73 Å². The summed E-state index contributed by atoms with van der Waals surface area (Å²) >= 11 is 3.34. The van der Waals surface area contributed by atoms with E-state index in [4.69, 9.17) is 5.73 Å². The molecule has 0 aliphatic carbocycles. The van der Waals surface area contributed by atoms with E-state index in [2.05, 4.69) is 15.9 Å². The number of alkyl halides is 1. The van der Waals surface area contributed by atoms with E-state index in [9.17, 15) is 4.39 Å². The maximum absolute atomic E-state index is 13.1. The fourth-order valence-corrected chi connectivity index (χ4v) is 1.94. The summed E-state index contributed by atoms with van der Waals surface area (Å²) in [6.45, 7) is 5.37. The van der Waals surface area contributed by atoms with Gasteiger partial charge in [0.2, 0.25) is 0 Å². The van der Waals surface area contributed by atoms with Gasteiger partial charge >= 0.3 is 0 Å². The van der Waals surface area contributed by atoms with Gasteiger partial charge in [0, 0.05) is 10.0 Å². The van der Waals surface area contributed by atoms with Gasteiger partial charge in [0.25, 0.3) is 0 Å². The van der Waals surface area contributed by atoms with E-state index >= 15 is 0 Å². The minimum atomic E-state index is -0.959. The van der Waals surface area contributed by atoms with Crippen molar-refractivity contribution in [2.45, 2.75) is 32.5 Å². The molecule has 3 heteroatoms. The van der Waals surface area contributed by atoms with Crippen molar-refractivity contribution in [3.05, 3.63) is 33.8 Å². The van der Waals surface area contributed by atoms with E-state index in [1.54, 1.807) is 6.07 Å². The van der Waals surface area contributed by atoms with Gasteiger partial charge < -0.3 is 5.73 Å². The molecule has 2 N–H and O–H groups in total. The standard InChI is InChI=1S/C11H15BrFN/c1-7(13)9-5-4-8(6-10(9)12)11(2,3)14/h4-7H,14H2,1-3H3. The topological polar surface area (TPSA) is 26.0 Å². The molecular formula is C11H15BrFN. The summed E-state index contributed by atoms with van der Waals surface area (Å²) in [5.74, 6) is 0. The Balaban J connectivity index is 3.13. The molecule has 0 aliphatic rings. The molecule has 1 nitrogen and oxygen atoms in total. The van der Waals surface area contributed by atoms with Gasteiger partial charge in [0.15, 0.2) is 0 Å². The van der Waals surface area contributed by atoms with Crippen molar-refractivity contribution in [1.82, 2.24) is 0 Å². The molecule has 14 heavy (non-hydrogen) atoms. The van der Waals surface area contributed by atoms with Crippen LogP contribution in [-0.4, -0.2) is 0 Å². The monoisotopic (exact) mass is 259 g/mol. The summed E-state index contributed by atoms with van der Waals surface area (Å²) in [5.41, 5.74) is 7.21. The average Bonchev–Trinajstić information content (AvgIpc) is 2.01. The van der Waals surface area contributed by atoms with Crippen LogP contribution in [0, 0.1) is 0 Å². The number of nitrogens with two attached hydrogens (primary N) is 1. The van der Waals surface area contributed by atoms with Gasteiger partial charge in [-0.05, 0) is 38.0 Å². The van der Waals surface area contributed by atoms with Crippen molar-refractivity contribution in [3.8, 4) is 0 Å². The Morgan fingerprint density at radius 2 is 2.00 bits per heavy atom. The SMILES string of the molecule is CC(F)c1ccc(C(C)(C)N)cc1Br. The Labute approximate surface area is 92.6 Å². The number of hydrogen-bond acceptors (Lipinski definition) is 1. The van der Waals surface area contributed by atoms with Crippen molar-refractivity contribution in [3.63, 3.8) is 0 Å². The summed E-state index contributed by atoms with van der Waals surface area (Å²) in [7, 11) is 0. The number of halogens is 2. The number of benzene rings is 1. The highest BCUT2D eigenvalue weighted by Crippen LogP contribution is 2.29. The summed E-state index contributed by atoms with van der Waals surface area (Å²) in [6.07, 6.45) is -0.959. The molecule has 0 bridgehead atoms. The first kappa shape index (κ1) is 11.7. The summed E-state index contributed by atoms with van der Waals surface area (Å²) in [4.78, 5) is 0. The Morgan fingerprint density at radius 1 is 1.43 bits per heavy atom. The minimum Gasteiger partial charge on any atom is -0.322 e. The van der Waals surface area contributed by atoms with Crippen LogP contribution in [0.5, 0.6) is 0 Å². The first-order valence-electron chi connectivity index (χ1n) is 4.55. The molecule has 0 saturated carbocycles. The Kier molecular flexibility index (Phi) is 3.32. The third-order valence-corrected chi connectivity index (χ3v) is 2.86. The highest BCUT2D eigenvalue weighted by Gasteiger charge is 2.16. The summed E-state index contributed by atoms with van der Waals surface area (Å²) < 4.78 is 13.8. The summed E-state index contributed by atoms with van der Waals surface area (Å²) in [5, 5.41) is 0. The second-order valence-electron chi connectivity index (χ2n) is 4.07. The largest absolute Gasteiger partial charge is 0.322 e. The molecule has 1 aromatic carbocycles. The maximum Gasteiger partial charge on any atom is 0.123 e. The molecule has 0 radical (unpaired) electrons. The highest BCUT2D eigenvalue weighted by atomic mass is 79.9. The zero-order chi connectivity index (χ0) is 10.9. The van der Waals surface area contributed by atoms with Crippen LogP contribution in [0.2, 0.25) is 0 Å². The van der Waals surface area contributed by atoms with E-state index in [1.165, 1.54) is 6.92 Å². The second-order valence-corrected chi connectivity index (χ2v) is 4.93. The highest BCUT2D eigenvalue weighted by molar-refractivity contribution is 9.10. The predicted octanol–water partition coefficient (Wildman–Crippen LogP) is 3.67. The van der Waals surface area contributed by atoms with Crippen molar-refractivity contribution in [1.29, 1.82) is 0 Å². The first-order chi connectivity index (χ1) is 6.32. The molecule has 0 spiro atoms. The molecule has 78 valence electrons. The average molecular weight is 260 g/mol. The van der Waals surface area contributed by atoms with Crippen LogP contribution in [0.3, 0.4) is 0 Å². The third kappa shape index (κ3) is 2.55. The lowest BCUT2D eigenvalue weighted by molar-refractivity contribution is 0.372. The van der Waals surface area contributed by atoms with Crippen LogP contribution >= 0.6 is 15.9 Å². The predicted molar refractivity (Wildman–Crippen MR) is 60.9 cm³/mol. The van der Waals surface area contributed by atoms with Gasteiger partial charge in [-0.25, -0.2) is 4.39 Å². The Hall–Kier alpha value is -0.410. The molecule has 1 rings (SSSR count). The lowest BCUT2D eigenvalue weighted by Crippen LogP contribution is -2.28. The van der Waals surface area contributed by atoms with Gasteiger partial charge in [-0.15, -0.1) is 0 Å². The van der Waals surface area contributed by atoms with Crippen LogP contribution in [0.15, 0.2) is 22.7 Å². The van der Waals surface area contributed by atoms with E-state index < -0.39 is 6.17 Å². The van der Waals surface area contributed by atoms with Crippen LogP contribution in [0.4, 0.5) is 4.39 Å². The molecular weight excluding hydrogens is 245 g/mol. The zero-order valence-electron chi connectivity index (χ0n) is 8.64. The molecule has 0 saturated heterocycles. The van der Waals surface area contributed by atoms with Crippen molar-refractivity contribution >= 4 is 15.9 Å². The quantitative estimate of drug-likeness (QED) is 0.862. The zero-order valence-corrected chi connectivity index (χ0v) is 10.2. The van der Waals surface area contributed by atoms with Crippen LogP contribution in [0.1, 0.15) is 38.1 Å². The molecule has 1 atom stereocenters. The first-order valence-corrected chi connectivity index (χ1v) is 5.34. The van der Waals surface area contributed by atoms with Crippen molar-refractivity contribution in [2.75, 3.05) is 0 Å². The molecule has 1 aromatic rings. The van der Waals surface area contributed by atoms with Gasteiger partial charge in [0.05, 0.1) is 0 Å². The molecule has 0 fully saturated rings. The number of hydrogen-bond donors (Lipinski definition) is 1. The van der Waals surface area contributed by atoms with E-state index in [1.807, 2.05) is 26.0 Å². The summed E-state index contributed by atoms with van der Waals surface area (Å²) in [6, 6.07) is 5.53. The fraction of sp³-hybridized carbons (Fsp3) is 0.455. The van der Waals surface area contributed by atoms with Crippen molar-refractivity contribution < 1.29 is 4.39 Å². The molecule has 0 amide bonds. The lowest BCUT2D eigenvalue weighted by atomic mass is 9.94. The number of rotatable bonds is 2. The lowest BCUT2D eigenvalue weighted by Gasteiger charge is -2.20. The smallest absolute Gasteiger partial charge is 0.123 e. The van der Waals surface area contributed by atoms with E-state index in [-0.39, 0.29) is 5.54 Å². The van der Waals surface area contributed by atoms with E-state index in [0.717, 1.165) is 10.0 Å². The third-order valence-electron chi connectivity index (χ3n) is 2.17. The minimum absolute atomic E-state index is 0.388. The van der Waals surface area contributed by atoms with Gasteiger partial charge in [-0.1, -0.05) is 28.1 Å². The Bertz CT molecular complexity index is 329. The molecule has 0 aromatic heterocycles. The van der Waals surface area contributed by atoms with Gasteiger partial charge in [-0.2, -0.15) is 0 Å². The fourth-order valence-electron chi connectivity index (χ4n) is 1.25.